The lowest BCUT2D eigenvalue weighted by atomic mass is 10.0. The maximum absolute atomic E-state index is 12.8. The van der Waals surface area contributed by atoms with Gasteiger partial charge in [-0.2, -0.15) is 13.2 Å². The smallest absolute Gasteiger partial charge is 0.350 e. The second-order valence-electron chi connectivity index (χ2n) is 6.61. The van der Waals surface area contributed by atoms with Crippen LogP contribution in [0.25, 0.3) is 0 Å². The van der Waals surface area contributed by atoms with Gasteiger partial charge in [0.25, 0.3) is 11.8 Å². The molecule has 0 bridgehead atoms. The summed E-state index contributed by atoms with van der Waals surface area (Å²) >= 11 is 0. The van der Waals surface area contributed by atoms with Crippen molar-refractivity contribution in [3.05, 3.63) is 64.2 Å². The van der Waals surface area contributed by atoms with Gasteiger partial charge in [-0.25, -0.2) is 0 Å². The third kappa shape index (κ3) is 4.87. The van der Waals surface area contributed by atoms with Crippen LogP contribution in [0.4, 0.5) is 18.9 Å². The summed E-state index contributed by atoms with van der Waals surface area (Å²) in [5, 5.41) is 5.43. The standard InChI is InChI=1S/C20H21F3N2O2/c1-11(2)24-19(27)16-7-5-6-12(3)17(16)25-18(26)15-9-8-14(10-13(15)4)20(21,22)23/h5-11H,1-4H3,(H,24,27)(H,25,26). The molecule has 0 fully saturated rings. The van der Waals surface area contributed by atoms with Crippen molar-refractivity contribution >= 4 is 17.5 Å². The summed E-state index contributed by atoms with van der Waals surface area (Å²) in [7, 11) is 0. The van der Waals surface area contributed by atoms with Crippen LogP contribution in [0.5, 0.6) is 0 Å². The molecule has 0 aliphatic heterocycles. The number of amides is 2. The maximum Gasteiger partial charge on any atom is 0.416 e. The van der Waals surface area contributed by atoms with Crippen molar-refractivity contribution in [3.8, 4) is 0 Å². The first-order chi connectivity index (χ1) is 12.5. The van der Waals surface area contributed by atoms with Crippen LogP contribution >= 0.6 is 0 Å². The first kappa shape index (κ1) is 20.5. The zero-order valence-corrected chi connectivity index (χ0v) is 15.5. The lowest BCUT2D eigenvalue weighted by Gasteiger charge is -2.16. The van der Waals surface area contributed by atoms with E-state index in [9.17, 15) is 22.8 Å². The van der Waals surface area contributed by atoms with Gasteiger partial charge in [0.15, 0.2) is 0 Å². The summed E-state index contributed by atoms with van der Waals surface area (Å²) in [4.78, 5) is 25.0. The second kappa shape index (κ2) is 7.82. The molecule has 0 aromatic heterocycles. The largest absolute Gasteiger partial charge is 0.416 e. The number of halogens is 3. The van der Waals surface area contributed by atoms with Crippen LogP contribution in [0.3, 0.4) is 0 Å². The highest BCUT2D eigenvalue weighted by Gasteiger charge is 2.31. The Bertz CT molecular complexity index is 874. The van der Waals surface area contributed by atoms with E-state index in [0.717, 1.165) is 18.2 Å². The van der Waals surface area contributed by atoms with Crippen LogP contribution in [0.15, 0.2) is 36.4 Å². The molecule has 27 heavy (non-hydrogen) atoms. The molecule has 144 valence electrons. The molecular formula is C20H21F3N2O2. The van der Waals surface area contributed by atoms with Crippen LogP contribution in [0, 0.1) is 13.8 Å². The normalized spacial score (nSPS) is 11.4. The highest BCUT2D eigenvalue weighted by Crippen LogP contribution is 2.31. The van der Waals surface area contributed by atoms with Crippen molar-refractivity contribution in [2.75, 3.05) is 5.32 Å². The molecular weight excluding hydrogens is 357 g/mol. The van der Waals surface area contributed by atoms with Crippen molar-refractivity contribution in [3.63, 3.8) is 0 Å². The number of alkyl halides is 3. The Morgan fingerprint density at radius 2 is 1.59 bits per heavy atom. The van der Waals surface area contributed by atoms with Gasteiger partial charge >= 0.3 is 6.18 Å². The van der Waals surface area contributed by atoms with E-state index >= 15 is 0 Å². The molecule has 0 spiro atoms. The molecule has 0 unspecified atom stereocenters. The van der Waals surface area contributed by atoms with Gasteiger partial charge in [-0.1, -0.05) is 12.1 Å². The van der Waals surface area contributed by atoms with E-state index in [1.165, 1.54) is 6.92 Å². The average molecular weight is 378 g/mol. The predicted octanol–water partition coefficient (Wildman–Crippen LogP) is 4.71. The summed E-state index contributed by atoms with van der Waals surface area (Å²) in [5.74, 6) is -0.915. The molecule has 0 heterocycles. The number of carbonyl (C=O) groups excluding carboxylic acids is 2. The Labute approximate surface area is 155 Å². The number of para-hydroxylation sites is 1. The molecule has 0 saturated heterocycles. The summed E-state index contributed by atoms with van der Waals surface area (Å²) in [5.41, 5.74) is 0.792. The van der Waals surface area contributed by atoms with Crippen LogP contribution in [0.2, 0.25) is 0 Å². The molecule has 0 aliphatic rings. The lowest BCUT2D eigenvalue weighted by molar-refractivity contribution is -0.137. The van der Waals surface area contributed by atoms with Crippen LogP contribution in [-0.4, -0.2) is 17.9 Å². The van der Waals surface area contributed by atoms with E-state index in [0.29, 0.717) is 16.8 Å². The van der Waals surface area contributed by atoms with E-state index in [4.69, 9.17) is 0 Å². The average Bonchev–Trinajstić information content (AvgIpc) is 2.54. The number of aryl methyl sites for hydroxylation is 2. The zero-order valence-electron chi connectivity index (χ0n) is 15.5. The van der Waals surface area contributed by atoms with Gasteiger partial charge in [0, 0.05) is 11.6 Å². The van der Waals surface area contributed by atoms with Crippen LogP contribution < -0.4 is 10.6 Å². The molecule has 2 rings (SSSR count). The molecule has 2 amide bonds. The van der Waals surface area contributed by atoms with Crippen molar-refractivity contribution in [2.45, 2.75) is 39.9 Å². The van der Waals surface area contributed by atoms with Crippen LogP contribution in [-0.2, 0) is 6.18 Å². The van der Waals surface area contributed by atoms with Crippen molar-refractivity contribution in [1.29, 1.82) is 0 Å². The lowest BCUT2D eigenvalue weighted by Crippen LogP contribution is -2.31. The fourth-order valence-corrected chi connectivity index (χ4v) is 2.64. The van der Waals surface area contributed by atoms with Crippen LogP contribution in [0.1, 0.15) is 51.3 Å². The summed E-state index contributed by atoms with van der Waals surface area (Å²) in [6, 6.07) is 7.87. The topological polar surface area (TPSA) is 58.2 Å². The molecule has 2 aromatic carbocycles. The summed E-state index contributed by atoms with van der Waals surface area (Å²) in [6.07, 6.45) is -4.47. The number of nitrogens with one attached hydrogen (secondary N) is 2. The first-order valence-electron chi connectivity index (χ1n) is 8.40. The van der Waals surface area contributed by atoms with Gasteiger partial charge in [0.1, 0.15) is 0 Å². The van der Waals surface area contributed by atoms with Crippen molar-refractivity contribution < 1.29 is 22.8 Å². The molecule has 0 atom stereocenters. The van der Waals surface area contributed by atoms with Crippen molar-refractivity contribution in [1.82, 2.24) is 5.32 Å². The predicted molar refractivity (Wildman–Crippen MR) is 97.9 cm³/mol. The van der Waals surface area contributed by atoms with E-state index in [-0.39, 0.29) is 23.1 Å². The van der Waals surface area contributed by atoms with Gasteiger partial charge in [0.2, 0.25) is 0 Å². The van der Waals surface area contributed by atoms with Gasteiger partial charge in [-0.3, -0.25) is 9.59 Å². The number of carbonyl (C=O) groups is 2. The minimum atomic E-state index is -4.47. The Hall–Kier alpha value is -2.83. The third-order valence-electron chi connectivity index (χ3n) is 3.97. The fourth-order valence-electron chi connectivity index (χ4n) is 2.64. The number of rotatable bonds is 4. The molecule has 4 nitrogen and oxygen atoms in total. The second-order valence-corrected chi connectivity index (χ2v) is 6.61. The summed E-state index contributed by atoms with van der Waals surface area (Å²) in [6.45, 7) is 6.81. The van der Waals surface area contributed by atoms with E-state index < -0.39 is 17.6 Å². The zero-order chi connectivity index (χ0) is 20.4. The fraction of sp³-hybridized carbons (Fsp3) is 0.300. The number of benzene rings is 2. The molecule has 0 radical (unpaired) electrons. The van der Waals surface area contributed by atoms with E-state index in [1.807, 2.05) is 13.8 Å². The Kier molecular flexibility index (Phi) is 5.93. The molecule has 2 N–H and O–H groups in total. The minimum absolute atomic E-state index is 0.0845. The summed E-state index contributed by atoms with van der Waals surface area (Å²) < 4.78 is 38.4. The Balaban J connectivity index is 2.35. The Morgan fingerprint density at radius 1 is 0.926 bits per heavy atom. The molecule has 0 saturated carbocycles. The van der Waals surface area contributed by atoms with Gasteiger partial charge < -0.3 is 10.6 Å². The molecule has 2 aromatic rings. The number of hydrogen-bond donors (Lipinski definition) is 2. The quantitative estimate of drug-likeness (QED) is 0.809. The van der Waals surface area contributed by atoms with Gasteiger partial charge in [-0.15, -0.1) is 0 Å². The Morgan fingerprint density at radius 3 is 2.15 bits per heavy atom. The maximum atomic E-state index is 12.8. The molecule has 7 heteroatoms. The SMILES string of the molecule is Cc1cc(C(F)(F)F)ccc1C(=O)Nc1c(C)cccc1C(=O)NC(C)C. The van der Waals surface area contributed by atoms with E-state index in [1.54, 1.807) is 25.1 Å². The monoisotopic (exact) mass is 378 g/mol. The number of anilines is 1. The van der Waals surface area contributed by atoms with Gasteiger partial charge in [-0.05, 0) is 63.1 Å². The van der Waals surface area contributed by atoms with Crippen molar-refractivity contribution in [2.24, 2.45) is 0 Å². The third-order valence-corrected chi connectivity index (χ3v) is 3.97. The van der Waals surface area contributed by atoms with Gasteiger partial charge in [0.05, 0.1) is 16.8 Å². The highest BCUT2D eigenvalue weighted by atomic mass is 19.4. The molecule has 0 aliphatic carbocycles. The van der Waals surface area contributed by atoms with E-state index in [2.05, 4.69) is 10.6 Å². The first-order valence-corrected chi connectivity index (χ1v) is 8.40. The highest BCUT2D eigenvalue weighted by molar-refractivity contribution is 6.10. The number of hydrogen-bond acceptors (Lipinski definition) is 2. The minimum Gasteiger partial charge on any atom is -0.350 e.